The quantitative estimate of drug-likeness (QED) is 0.0538. The number of aryl methyl sites for hydroxylation is 3. The summed E-state index contributed by atoms with van der Waals surface area (Å²) in [5, 5.41) is 14.1. The number of nitrogen functional groups attached to an aromatic ring is 1. The molecule has 3 aromatic carbocycles. The van der Waals surface area contributed by atoms with Crippen LogP contribution in [0.4, 0.5) is 10.2 Å². The normalized spacial score (nSPS) is 17.8. The maximum atomic E-state index is 14.8. The second-order valence-corrected chi connectivity index (χ2v) is 22.7. The maximum absolute atomic E-state index is 14.8. The molecule has 18 heteroatoms. The number of Topliss-reactive ketones (excluding diaryl/α,β-unsaturated/α-hetero) is 1. The van der Waals surface area contributed by atoms with E-state index in [1.54, 1.807) is 43.9 Å². The zero-order valence-electron chi connectivity index (χ0n) is 47.3. The number of nitrogens with zero attached hydrogens (tertiary/aromatic N) is 6. The molecule has 5 atom stereocenters. The Labute approximate surface area is 464 Å². The number of unbranched alkanes of at least 4 members (excludes halogenated alkanes) is 5. The van der Waals surface area contributed by atoms with Gasteiger partial charge < -0.3 is 41.0 Å². The monoisotopic (exact) mass is 1080 g/mol. The first-order valence-corrected chi connectivity index (χ1v) is 28.1. The van der Waals surface area contributed by atoms with Gasteiger partial charge in [-0.15, -0.1) is 0 Å². The van der Waals surface area contributed by atoms with E-state index in [9.17, 15) is 28.4 Å². The number of hydrogen-bond acceptors (Lipinski definition) is 12. The van der Waals surface area contributed by atoms with Crippen LogP contribution in [0.15, 0.2) is 66.9 Å². The average Bonchev–Trinajstić information content (AvgIpc) is 3.90. The number of rotatable bonds is 20. The summed E-state index contributed by atoms with van der Waals surface area (Å²) >= 11 is 0. The predicted molar refractivity (Wildman–Crippen MR) is 300 cm³/mol. The van der Waals surface area contributed by atoms with E-state index in [-0.39, 0.29) is 60.2 Å². The number of hydrogen-bond donors (Lipinski definition) is 4. The molecule has 2 aromatic heterocycles. The molecule has 2 aliphatic heterocycles. The molecule has 0 spiro atoms. The summed E-state index contributed by atoms with van der Waals surface area (Å²) in [6.07, 6.45) is 11.0. The van der Waals surface area contributed by atoms with Crippen LogP contribution in [0, 0.1) is 18.2 Å². The SMILES string of the molecule is CN[C@H](C)C(=O)N[C@@H](C(=O)N1Cc2cc(OCCCCCCCCC(=O)CCCn3nc(C)c4c3CN(C)C(=O)c3ccc(F)cc3[C@@H](C)Oc3nc-4cnc3N)ccc2C[C@@H]1C(=O)N[C@H]1CCCc2ccccc21)C(C)(C)C. The summed E-state index contributed by atoms with van der Waals surface area (Å²) < 4.78 is 28.7. The van der Waals surface area contributed by atoms with Crippen LogP contribution in [0.3, 0.4) is 0 Å². The van der Waals surface area contributed by atoms with Crippen LogP contribution in [0.1, 0.15) is 167 Å². The van der Waals surface area contributed by atoms with Crippen molar-refractivity contribution >= 4 is 35.2 Å². The maximum Gasteiger partial charge on any atom is 0.258 e. The summed E-state index contributed by atoms with van der Waals surface area (Å²) in [5.74, 6) is -0.573. The highest BCUT2D eigenvalue weighted by atomic mass is 19.1. The highest BCUT2D eigenvalue weighted by Crippen LogP contribution is 2.36. The number of carbonyl (C=O) groups excluding carboxylic acids is 5. The van der Waals surface area contributed by atoms with Crippen LogP contribution < -0.4 is 31.2 Å². The van der Waals surface area contributed by atoms with Crippen LogP contribution in [-0.4, -0.2) is 97.8 Å². The molecule has 0 fully saturated rings. The molecular weight excluding hydrogens is 1000 g/mol. The number of carbonyl (C=O) groups is 5. The minimum absolute atomic E-state index is 0.0635. The van der Waals surface area contributed by atoms with Crippen molar-refractivity contribution in [3.05, 3.63) is 117 Å². The lowest BCUT2D eigenvalue weighted by Crippen LogP contribution is -2.62. The molecule has 3 aliphatic rings. The van der Waals surface area contributed by atoms with Gasteiger partial charge in [-0.2, -0.15) is 5.10 Å². The summed E-state index contributed by atoms with van der Waals surface area (Å²) in [7, 11) is 3.39. The van der Waals surface area contributed by atoms with E-state index in [2.05, 4.69) is 33.1 Å². The first-order valence-electron chi connectivity index (χ1n) is 28.1. The number of amides is 4. The summed E-state index contributed by atoms with van der Waals surface area (Å²) in [5.41, 5.74) is 13.0. The number of ketones is 1. The van der Waals surface area contributed by atoms with E-state index in [1.165, 1.54) is 23.8 Å². The number of nitrogens with two attached hydrogens (primary N) is 1. The molecule has 2 bridgehead atoms. The number of ether oxygens (including phenoxy) is 2. The fourth-order valence-electron chi connectivity index (χ4n) is 11.1. The molecule has 17 nitrogen and oxygen atoms in total. The summed E-state index contributed by atoms with van der Waals surface area (Å²) in [6, 6.07) is 15.9. The third-order valence-electron chi connectivity index (χ3n) is 15.7. The van der Waals surface area contributed by atoms with Crippen molar-refractivity contribution in [2.24, 2.45) is 5.41 Å². The van der Waals surface area contributed by atoms with E-state index >= 15 is 0 Å². The second kappa shape index (κ2) is 25.7. The molecule has 422 valence electrons. The van der Waals surface area contributed by atoms with Crippen molar-refractivity contribution in [2.75, 3.05) is 26.4 Å². The molecule has 79 heavy (non-hydrogen) atoms. The first kappa shape index (κ1) is 58.0. The van der Waals surface area contributed by atoms with E-state index in [1.807, 2.05) is 62.7 Å². The third kappa shape index (κ3) is 14.0. The molecule has 8 rings (SSSR count). The van der Waals surface area contributed by atoms with Crippen LogP contribution in [0.2, 0.25) is 0 Å². The summed E-state index contributed by atoms with van der Waals surface area (Å²) in [6.45, 7) is 12.4. The van der Waals surface area contributed by atoms with Crippen molar-refractivity contribution in [3.8, 4) is 22.9 Å². The number of nitrogens with one attached hydrogen (secondary N) is 3. The van der Waals surface area contributed by atoms with Gasteiger partial charge in [0.05, 0.1) is 48.5 Å². The molecular formula is C61H79FN10O7. The van der Waals surface area contributed by atoms with Crippen LogP contribution in [0.5, 0.6) is 11.6 Å². The van der Waals surface area contributed by atoms with Gasteiger partial charge in [0, 0.05) is 56.1 Å². The zero-order chi connectivity index (χ0) is 56.5. The standard InChI is InChI=1S/C61H79FN10O7/c1-37-53-50-34-65-55(63)58(67-50)79-39(3)48-33-43(62)26-28-47(48)59(76)70(8)36-52(53)72(69-37)29-18-22-44(73)21-13-11-9-10-12-16-30-78-45-27-25-41-32-51(57(75)66-49-24-17-20-40-19-14-15-23-46(40)49)71(35-42(41)31-45)60(77)54(61(4,5)6)68-56(74)38(2)64-7/h14-15,19,23,25-28,31,33-34,38-39,49,51,54,64H,9-13,16-18,20-22,24,29-30,32,35-36H2,1-8H3,(H2,63,65)(H,66,75)(H,68,74)/t38-,39-,49+,51-,54+/m1/s1. The van der Waals surface area contributed by atoms with Gasteiger partial charge >= 0.3 is 0 Å². The third-order valence-corrected chi connectivity index (χ3v) is 15.7. The fraction of sp³-hybridized carbons (Fsp3) is 0.508. The van der Waals surface area contributed by atoms with Crippen LogP contribution >= 0.6 is 0 Å². The number of likely N-dealkylation sites (N-methyl/N-ethyl adjacent to an activating group) is 1. The largest absolute Gasteiger partial charge is 0.494 e. The van der Waals surface area contributed by atoms with Crippen molar-refractivity contribution in [1.29, 1.82) is 0 Å². The molecule has 1 aliphatic carbocycles. The Balaban J connectivity index is 0.807. The van der Waals surface area contributed by atoms with E-state index in [0.29, 0.717) is 72.7 Å². The Morgan fingerprint density at radius 3 is 2.44 bits per heavy atom. The Bertz CT molecular complexity index is 3030. The lowest BCUT2D eigenvalue weighted by Gasteiger charge is -2.41. The molecule has 0 saturated heterocycles. The van der Waals surface area contributed by atoms with Crippen molar-refractivity contribution in [3.63, 3.8) is 0 Å². The lowest BCUT2D eigenvalue weighted by atomic mass is 9.83. The van der Waals surface area contributed by atoms with Crippen LogP contribution in [0.25, 0.3) is 11.3 Å². The van der Waals surface area contributed by atoms with E-state index in [0.717, 1.165) is 80.2 Å². The molecule has 0 unspecified atom stereocenters. The number of anilines is 1. The highest BCUT2D eigenvalue weighted by Gasteiger charge is 2.43. The van der Waals surface area contributed by atoms with Crippen molar-refractivity contribution in [1.82, 2.24) is 45.5 Å². The van der Waals surface area contributed by atoms with Gasteiger partial charge in [0.1, 0.15) is 35.5 Å². The number of benzene rings is 3. The van der Waals surface area contributed by atoms with Gasteiger partial charge in [-0.1, -0.05) is 76.8 Å². The van der Waals surface area contributed by atoms with Gasteiger partial charge in [0.25, 0.3) is 11.8 Å². The molecule has 4 heterocycles. The summed E-state index contributed by atoms with van der Waals surface area (Å²) in [4.78, 5) is 81.7. The van der Waals surface area contributed by atoms with Crippen LogP contribution in [-0.2, 0) is 51.7 Å². The van der Waals surface area contributed by atoms with Gasteiger partial charge in [-0.3, -0.25) is 28.7 Å². The smallest absolute Gasteiger partial charge is 0.258 e. The first-order chi connectivity index (χ1) is 37.8. The van der Waals surface area contributed by atoms with E-state index in [4.69, 9.17) is 25.3 Å². The fourth-order valence-corrected chi connectivity index (χ4v) is 11.1. The van der Waals surface area contributed by atoms with Gasteiger partial charge in [0.2, 0.25) is 17.7 Å². The molecule has 5 aromatic rings. The molecule has 5 N–H and O–H groups in total. The number of aromatic nitrogens is 4. The second-order valence-electron chi connectivity index (χ2n) is 22.7. The van der Waals surface area contributed by atoms with Gasteiger partial charge in [0.15, 0.2) is 5.82 Å². The van der Waals surface area contributed by atoms with Gasteiger partial charge in [-0.25, -0.2) is 14.4 Å². The number of halogens is 1. The molecule has 0 radical (unpaired) electrons. The minimum Gasteiger partial charge on any atom is -0.494 e. The minimum atomic E-state index is -0.874. The Kier molecular flexibility index (Phi) is 18.9. The molecule has 4 amide bonds. The highest BCUT2D eigenvalue weighted by molar-refractivity contribution is 5.96. The lowest BCUT2D eigenvalue weighted by molar-refractivity contribution is -0.147. The van der Waals surface area contributed by atoms with E-state index < -0.39 is 35.5 Å². The van der Waals surface area contributed by atoms with Crippen molar-refractivity contribution in [2.45, 2.75) is 175 Å². The Morgan fingerprint density at radius 1 is 0.924 bits per heavy atom. The Hall–Kier alpha value is -7.21. The average molecular weight is 1080 g/mol. The Morgan fingerprint density at radius 2 is 1.67 bits per heavy atom. The van der Waals surface area contributed by atoms with Gasteiger partial charge in [-0.05, 0) is 124 Å². The number of fused-ring (bicyclic) bond motifs is 7. The zero-order valence-corrected chi connectivity index (χ0v) is 47.3. The molecule has 0 saturated carbocycles. The predicted octanol–water partition coefficient (Wildman–Crippen LogP) is 8.84. The topological polar surface area (TPSA) is 216 Å². The van der Waals surface area contributed by atoms with Crippen molar-refractivity contribution < 1.29 is 37.8 Å².